The van der Waals surface area contributed by atoms with Gasteiger partial charge in [0.1, 0.15) is 0 Å². The molecule has 0 unspecified atom stereocenters. The quantitative estimate of drug-likeness (QED) is 0.446. The Morgan fingerprint density at radius 2 is 1.96 bits per heavy atom. The molecule has 0 atom stereocenters. The van der Waals surface area contributed by atoms with Gasteiger partial charge < -0.3 is 5.32 Å². The summed E-state index contributed by atoms with van der Waals surface area (Å²) < 4.78 is 1.14. The SMILES string of the molecule is CCc1cccc(C)c1NC(=S)NNC(=O)CCc1nc2ccccc2s1. The van der Waals surface area contributed by atoms with Crippen LogP contribution in [-0.2, 0) is 17.6 Å². The van der Waals surface area contributed by atoms with Gasteiger partial charge >= 0.3 is 0 Å². The Kier molecular flexibility index (Phi) is 6.36. The molecule has 3 rings (SSSR count). The van der Waals surface area contributed by atoms with Crippen LogP contribution in [0.15, 0.2) is 42.5 Å². The van der Waals surface area contributed by atoms with E-state index in [-0.39, 0.29) is 5.91 Å². The van der Waals surface area contributed by atoms with E-state index in [9.17, 15) is 4.79 Å². The van der Waals surface area contributed by atoms with Gasteiger partial charge in [0, 0.05) is 18.5 Å². The van der Waals surface area contributed by atoms with Crippen LogP contribution in [-0.4, -0.2) is 16.0 Å². The minimum atomic E-state index is -0.126. The van der Waals surface area contributed by atoms with Crippen LogP contribution >= 0.6 is 23.6 Å². The van der Waals surface area contributed by atoms with Gasteiger partial charge in [-0.1, -0.05) is 37.3 Å². The van der Waals surface area contributed by atoms with Crippen molar-refractivity contribution in [2.24, 2.45) is 0 Å². The molecule has 2 aromatic carbocycles. The third-order valence-corrected chi connectivity index (χ3v) is 5.50. The molecule has 0 saturated carbocycles. The van der Waals surface area contributed by atoms with E-state index in [0.717, 1.165) is 32.9 Å². The summed E-state index contributed by atoms with van der Waals surface area (Å²) in [7, 11) is 0. The molecule has 7 heteroatoms. The number of aromatic nitrogens is 1. The maximum Gasteiger partial charge on any atom is 0.238 e. The van der Waals surface area contributed by atoms with Gasteiger partial charge in [0.15, 0.2) is 5.11 Å². The third-order valence-electron chi connectivity index (χ3n) is 4.20. The van der Waals surface area contributed by atoms with Crippen LogP contribution < -0.4 is 16.2 Å². The van der Waals surface area contributed by atoms with Gasteiger partial charge in [0.05, 0.1) is 15.2 Å². The Morgan fingerprint density at radius 3 is 2.74 bits per heavy atom. The number of hydrogen-bond donors (Lipinski definition) is 3. The zero-order chi connectivity index (χ0) is 19.2. The van der Waals surface area contributed by atoms with Crippen molar-refractivity contribution >= 4 is 50.5 Å². The predicted octanol–water partition coefficient (Wildman–Crippen LogP) is 4.12. The maximum atomic E-state index is 12.1. The first kappa shape index (κ1) is 19.3. The lowest BCUT2D eigenvalue weighted by molar-refractivity contribution is -0.121. The Balaban J connectivity index is 1.48. The molecular weight excluding hydrogens is 376 g/mol. The summed E-state index contributed by atoms with van der Waals surface area (Å²) in [5.74, 6) is -0.126. The molecule has 0 radical (unpaired) electrons. The molecule has 0 aliphatic heterocycles. The van der Waals surface area contributed by atoms with Crippen molar-refractivity contribution in [3.63, 3.8) is 0 Å². The molecule has 0 aliphatic carbocycles. The number of carbonyl (C=O) groups is 1. The van der Waals surface area contributed by atoms with E-state index in [2.05, 4.69) is 34.1 Å². The molecule has 0 bridgehead atoms. The monoisotopic (exact) mass is 398 g/mol. The van der Waals surface area contributed by atoms with E-state index in [4.69, 9.17) is 12.2 Å². The zero-order valence-corrected chi connectivity index (χ0v) is 17.0. The average molecular weight is 399 g/mol. The first-order valence-electron chi connectivity index (χ1n) is 8.85. The lowest BCUT2D eigenvalue weighted by atomic mass is 10.1. The smallest absolute Gasteiger partial charge is 0.238 e. The number of thiazole rings is 1. The van der Waals surface area contributed by atoms with Crippen molar-refractivity contribution in [1.29, 1.82) is 0 Å². The van der Waals surface area contributed by atoms with Crippen LogP contribution in [0.1, 0.15) is 29.5 Å². The Labute approximate surface area is 168 Å². The number of nitrogens with one attached hydrogen (secondary N) is 3. The Bertz CT molecular complexity index is 935. The maximum absolute atomic E-state index is 12.1. The highest BCUT2D eigenvalue weighted by Gasteiger charge is 2.09. The Morgan fingerprint density at radius 1 is 1.15 bits per heavy atom. The molecule has 0 fully saturated rings. The summed E-state index contributed by atoms with van der Waals surface area (Å²) in [6.07, 6.45) is 1.85. The summed E-state index contributed by atoms with van der Waals surface area (Å²) >= 11 is 6.92. The van der Waals surface area contributed by atoms with Crippen LogP contribution in [0.3, 0.4) is 0 Å². The Hall–Kier alpha value is -2.51. The normalized spacial score (nSPS) is 10.6. The van der Waals surface area contributed by atoms with Gasteiger partial charge in [-0.2, -0.15) is 0 Å². The van der Waals surface area contributed by atoms with Gasteiger partial charge in [-0.15, -0.1) is 11.3 Å². The molecule has 1 aromatic heterocycles. The lowest BCUT2D eigenvalue weighted by Crippen LogP contribution is -2.44. The summed E-state index contributed by atoms with van der Waals surface area (Å²) in [5.41, 5.74) is 9.68. The number of aryl methyl sites for hydroxylation is 3. The number of fused-ring (bicyclic) bond motifs is 1. The molecule has 0 aliphatic rings. The lowest BCUT2D eigenvalue weighted by Gasteiger charge is -2.16. The van der Waals surface area contributed by atoms with Crippen LogP contribution in [0.25, 0.3) is 10.2 Å². The molecule has 3 aromatic rings. The van der Waals surface area contributed by atoms with Crippen LogP contribution in [0.5, 0.6) is 0 Å². The number of hydrazine groups is 1. The number of thiocarbonyl (C=S) groups is 1. The van der Waals surface area contributed by atoms with E-state index in [1.54, 1.807) is 11.3 Å². The van der Waals surface area contributed by atoms with Crippen LogP contribution in [0.2, 0.25) is 0 Å². The third kappa shape index (κ3) is 5.02. The molecule has 0 spiro atoms. The van der Waals surface area contributed by atoms with Crippen molar-refractivity contribution in [2.45, 2.75) is 33.1 Å². The highest BCUT2D eigenvalue weighted by molar-refractivity contribution is 7.80. The van der Waals surface area contributed by atoms with E-state index >= 15 is 0 Å². The summed E-state index contributed by atoms with van der Waals surface area (Å²) in [6.45, 7) is 4.13. The second-order valence-electron chi connectivity index (χ2n) is 6.17. The van der Waals surface area contributed by atoms with Crippen molar-refractivity contribution in [1.82, 2.24) is 15.8 Å². The number of rotatable bonds is 5. The van der Waals surface area contributed by atoms with Gasteiger partial charge in [0.2, 0.25) is 5.91 Å². The molecule has 1 heterocycles. The van der Waals surface area contributed by atoms with E-state index in [1.807, 2.05) is 43.3 Å². The van der Waals surface area contributed by atoms with Gasteiger partial charge in [-0.05, 0) is 48.8 Å². The fourth-order valence-electron chi connectivity index (χ4n) is 2.78. The number of amides is 1. The minimum Gasteiger partial charge on any atom is -0.331 e. The molecule has 5 nitrogen and oxygen atoms in total. The number of carbonyl (C=O) groups excluding carboxylic acids is 1. The van der Waals surface area contributed by atoms with E-state index in [1.165, 1.54) is 5.56 Å². The van der Waals surface area contributed by atoms with Crippen LogP contribution in [0, 0.1) is 6.92 Å². The standard InChI is InChI=1S/C20H22N4OS2/c1-3-14-8-6-7-13(2)19(14)22-20(26)24-23-17(25)11-12-18-21-15-9-4-5-10-16(15)27-18/h4-10H,3,11-12H2,1-2H3,(H,23,25)(H2,22,24,26). The molecular formula is C20H22N4OS2. The summed E-state index contributed by atoms with van der Waals surface area (Å²) in [4.78, 5) is 16.6. The number of nitrogens with zero attached hydrogens (tertiary/aromatic N) is 1. The van der Waals surface area contributed by atoms with Gasteiger partial charge in [-0.25, -0.2) is 4.98 Å². The van der Waals surface area contributed by atoms with E-state index in [0.29, 0.717) is 18.0 Å². The van der Waals surface area contributed by atoms with Crippen molar-refractivity contribution in [2.75, 3.05) is 5.32 Å². The van der Waals surface area contributed by atoms with Crippen LogP contribution in [0.4, 0.5) is 5.69 Å². The molecule has 0 saturated heterocycles. The largest absolute Gasteiger partial charge is 0.331 e. The first-order valence-corrected chi connectivity index (χ1v) is 10.1. The molecule has 1 amide bonds. The highest BCUT2D eigenvalue weighted by Crippen LogP contribution is 2.22. The second kappa shape index (κ2) is 8.92. The number of anilines is 1. The van der Waals surface area contributed by atoms with E-state index < -0.39 is 0 Å². The zero-order valence-electron chi connectivity index (χ0n) is 15.3. The second-order valence-corrected chi connectivity index (χ2v) is 7.69. The van der Waals surface area contributed by atoms with Crippen molar-refractivity contribution in [3.8, 4) is 0 Å². The van der Waals surface area contributed by atoms with Gasteiger partial charge in [0.25, 0.3) is 0 Å². The molecule has 140 valence electrons. The van der Waals surface area contributed by atoms with Crippen molar-refractivity contribution < 1.29 is 4.79 Å². The van der Waals surface area contributed by atoms with Crippen molar-refractivity contribution in [3.05, 3.63) is 58.6 Å². The number of para-hydroxylation sites is 2. The fourth-order valence-corrected chi connectivity index (χ4v) is 3.90. The van der Waals surface area contributed by atoms with Gasteiger partial charge in [-0.3, -0.25) is 15.6 Å². The number of benzene rings is 2. The fraction of sp³-hybridized carbons (Fsp3) is 0.250. The first-order chi connectivity index (χ1) is 13.1. The topological polar surface area (TPSA) is 66.0 Å². The minimum absolute atomic E-state index is 0.126. The molecule has 3 N–H and O–H groups in total. The highest BCUT2D eigenvalue weighted by atomic mass is 32.1. The number of hydrogen-bond acceptors (Lipinski definition) is 4. The summed E-state index contributed by atoms with van der Waals surface area (Å²) in [6, 6.07) is 14.1. The average Bonchev–Trinajstić information content (AvgIpc) is 3.09. The predicted molar refractivity (Wildman–Crippen MR) is 116 cm³/mol. The summed E-state index contributed by atoms with van der Waals surface area (Å²) in [5, 5.41) is 4.50. The molecule has 27 heavy (non-hydrogen) atoms.